The monoisotopic (exact) mass is 298 g/mol. The minimum absolute atomic E-state index is 0.0581. The number of ether oxygens (including phenoxy) is 2. The first-order valence-electron chi connectivity index (χ1n) is 6.47. The Labute approximate surface area is 120 Å². The van der Waals surface area contributed by atoms with Gasteiger partial charge in [0.25, 0.3) is 5.56 Å². The van der Waals surface area contributed by atoms with Crippen LogP contribution in [0.1, 0.15) is 18.2 Å². The highest BCUT2D eigenvalue weighted by Gasteiger charge is 2.49. The first-order valence-corrected chi connectivity index (χ1v) is 6.47. The molecule has 0 saturated carbocycles. The zero-order valence-corrected chi connectivity index (χ0v) is 11.6. The molecule has 1 aliphatic rings. The number of aliphatic hydroxyl groups is 2. The minimum Gasteiger partial charge on any atom is -0.393 e. The van der Waals surface area contributed by atoms with Gasteiger partial charge in [-0.05, 0) is 6.92 Å². The molecule has 0 spiro atoms. The molecule has 1 fully saturated rings. The van der Waals surface area contributed by atoms with Crippen LogP contribution in [0, 0.1) is 6.92 Å². The van der Waals surface area contributed by atoms with Crippen LogP contribution in [0.5, 0.6) is 0 Å². The van der Waals surface area contributed by atoms with Crippen molar-refractivity contribution in [3.05, 3.63) is 45.3 Å². The number of H-pyrrole nitrogens is 1. The Bertz CT molecular complexity index is 636. The molecule has 8 heteroatoms. The summed E-state index contributed by atoms with van der Waals surface area (Å²) in [5, 5.41) is 19.7. The SMILES string of the molecule is C=CCO[C@]1(O)C[C@H](n2cc(C)c(=O)[nH]c2=O)O[C@@H]1CO. The molecular formula is C13H18N2O6. The van der Waals surface area contributed by atoms with E-state index in [4.69, 9.17) is 9.47 Å². The number of nitrogens with zero attached hydrogens (tertiary/aromatic N) is 1. The number of aromatic amines is 1. The van der Waals surface area contributed by atoms with Crippen molar-refractivity contribution in [2.75, 3.05) is 13.2 Å². The van der Waals surface area contributed by atoms with E-state index in [0.29, 0.717) is 5.56 Å². The summed E-state index contributed by atoms with van der Waals surface area (Å²) in [5.74, 6) is -1.73. The van der Waals surface area contributed by atoms with Crippen LogP contribution in [0.3, 0.4) is 0 Å². The maximum absolute atomic E-state index is 11.8. The maximum atomic E-state index is 11.8. The van der Waals surface area contributed by atoms with E-state index in [1.807, 2.05) is 0 Å². The summed E-state index contributed by atoms with van der Waals surface area (Å²) in [7, 11) is 0. The van der Waals surface area contributed by atoms with E-state index in [1.165, 1.54) is 12.3 Å². The molecule has 2 rings (SSSR count). The largest absolute Gasteiger partial charge is 0.393 e. The van der Waals surface area contributed by atoms with Crippen LogP contribution in [0.15, 0.2) is 28.4 Å². The Morgan fingerprint density at radius 1 is 1.67 bits per heavy atom. The zero-order chi connectivity index (χ0) is 15.6. The van der Waals surface area contributed by atoms with Crippen LogP contribution in [0.4, 0.5) is 0 Å². The second kappa shape index (κ2) is 5.94. The number of aromatic nitrogens is 2. The molecule has 116 valence electrons. The summed E-state index contributed by atoms with van der Waals surface area (Å²) in [6.45, 7) is 4.63. The summed E-state index contributed by atoms with van der Waals surface area (Å²) in [5.41, 5.74) is -0.799. The van der Waals surface area contributed by atoms with Gasteiger partial charge < -0.3 is 19.7 Å². The Morgan fingerprint density at radius 2 is 2.38 bits per heavy atom. The van der Waals surface area contributed by atoms with Crippen molar-refractivity contribution in [3.8, 4) is 0 Å². The highest BCUT2D eigenvalue weighted by atomic mass is 16.7. The number of nitrogens with one attached hydrogen (secondary N) is 1. The summed E-state index contributed by atoms with van der Waals surface area (Å²) < 4.78 is 11.9. The summed E-state index contributed by atoms with van der Waals surface area (Å²) in [4.78, 5) is 25.3. The molecule has 1 aromatic rings. The lowest BCUT2D eigenvalue weighted by Gasteiger charge is -2.26. The highest BCUT2D eigenvalue weighted by molar-refractivity contribution is 5.02. The van der Waals surface area contributed by atoms with E-state index in [1.54, 1.807) is 6.92 Å². The lowest BCUT2D eigenvalue weighted by Crippen LogP contribution is -2.43. The van der Waals surface area contributed by atoms with Crippen LogP contribution in [0.2, 0.25) is 0 Å². The summed E-state index contributed by atoms with van der Waals surface area (Å²) in [6.07, 6.45) is 0.897. The van der Waals surface area contributed by atoms with E-state index in [9.17, 15) is 19.8 Å². The lowest BCUT2D eigenvalue weighted by molar-refractivity contribution is -0.230. The van der Waals surface area contributed by atoms with Crippen molar-refractivity contribution in [2.24, 2.45) is 0 Å². The van der Waals surface area contributed by atoms with Crippen LogP contribution >= 0.6 is 0 Å². The molecular weight excluding hydrogens is 280 g/mol. The topological polar surface area (TPSA) is 114 Å². The second-order valence-corrected chi connectivity index (χ2v) is 4.89. The van der Waals surface area contributed by atoms with Gasteiger partial charge in [0.2, 0.25) is 0 Å². The van der Waals surface area contributed by atoms with Crippen molar-refractivity contribution in [2.45, 2.75) is 31.5 Å². The molecule has 1 aliphatic heterocycles. The fraction of sp³-hybridized carbons (Fsp3) is 0.538. The summed E-state index contributed by atoms with van der Waals surface area (Å²) in [6, 6.07) is 0. The first kappa shape index (κ1) is 15.6. The van der Waals surface area contributed by atoms with Gasteiger partial charge in [0.1, 0.15) is 12.3 Å². The van der Waals surface area contributed by atoms with Gasteiger partial charge in [-0.2, -0.15) is 0 Å². The average molecular weight is 298 g/mol. The third-order valence-electron chi connectivity index (χ3n) is 3.36. The third kappa shape index (κ3) is 2.98. The zero-order valence-electron chi connectivity index (χ0n) is 11.6. The Kier molecular flexibility index (Phi) is 4.43. The molecule has 3 atom stereocenters. The molecule has 1 saturated heterocycles. The average Bonchev–Trinajstić information content (AvgIpc) is 2.78. The van der Waals surface area contributed by atoms with Crippen molar-refractivity contribution in [1.82, 2.24) is 9.55 Å². The molecule has 1 aromatic heterocycles. The number of aliphatic hydroxyl groups excluding tert-OH is 1. The molecule has 0 aliphatic carbocycles. The minimum atomic E-state index is -1.73. The van der Waals surface area contributed by atoms with Crippen LogP contribution in [-0.2, 0) is 9.47 Å². The molecule has 8 nitrogen and oxygen atoms in total. The predicted octanol–water partition coefficient (Wildman–Crippen LogP) is -0.984. The first-order chi connectivity index (χ1) is 9.91. The Hall–Kier alpha value is -1.74. The van der Waals surface area contributed by atoms with Crippen molar-refractivity contribution in [1.29, 1.82) is 0 Å². The molecule has 3 N–H and O–H groups in total. The van der Waals surface area contributed by atoms with E-state index < -0.39 is 36.0 Å². The molecule has 2 heterocycles. The molecule has 0 bridgehead atoms. The third-order valence-corrected chi connectivity index (χ3v) is 3.36. The molecule has 0 radical (unpaired) electrons. The lowest BCUT2D eigenvalue weighted by atomic mass is 10.1. The maximum Gasteiger partial charge on any atom is 0.330 e. The second-order valence-electron chi connectivity index (χ2n) is 4.89. The normalized spacial score (nSPS) is 28.7. The van der Waals surface area contributed by atoms with Gasteiger partial charge in [-0.3, -0.25) is 14.3 Å². The highest BCUT2D eigenvalue weighted by Crippen LogP contribution is 2.36. The smallest absolute Gasteiger partial charge is 0.330 e. The van der Waals surface area contributed by atoms with Crippen LogP contribution in [-0.4, -0.2) is 44.9 Å². The van der Waals surface area contributed by atoms with E-state index >= 15 is 0 Å². The van der Waals surface area contributed by atoms with E-state index in [-0.39, 0.29) is 13.0 Å². The fourth-order valence-corrected chi connectivity index (χ4v) is 2.23. The quantitative estimate of drug-likeness (QED) is 0.475. The van der Waals surface area contributed by atoms with Crippen LogP contribution in [0.25, 0.3) is 0 Å². The van der Waals surface area contributed by atoms with Crippen molar-refractivity contribution in [3.63, 3.8) is 0 Å². The van der Waals surface area contributed by atoms with Gasteiger partial charge >= 0.3 is 5.69 Å². The number of aryl methyl sites for hydroxylation is 1. The van der Waals surface area contributed by atoms with Gasteiger partial charge in [0.05, 0.1) is 13.2 Å². The fourth-order valence-electron chi connectivity index (χ4n) is 2.23. The molecule has 0 amide bonds. The van der Waals surface area contributed by atoms with Gasteiger partial charge in [0.15, 0.2) is 5.79 Å². The van der Waals surface area contributed by atoms with Gasteiger partial charge in [-0.25, -0.2) is 4.79 Å². The van der Waals surface area contributed by atoms with Gasteiger partial charge in [-0.15, -0.1) is 6.58 Å². The van der Waals surface area contributed by atoms with Crippen LogP contribution < -0.4 is 11.2 Å². The van der Waals surface area contributed by atoms with Crippen molar-refractivity contribution >= 4 is 0 Å². The molecule has 21 heavy (non-hydrogen) atoms. The number of rotatable bonds is 5. The standard InChI is InChI=1S/C13H18N2O6/c1-3-4-20-13(19)5-10(21-9(13)7-16)15-6-8(2)11(17)14-12(15)18/h3,6,9-10,16,19H,1,4-5,7H2,2H3,(H,14,17,18)/t9-,10-,13-/m1/s1. The van der Waals surface area contributed by atoms with Gasteiger partial charge in [-0.1, -0.05) is 6.08 Å². The van der Waals surface area contributed by atoms with Gasteiger partial charge in [0, 0.05) is 18.2 Å². The number of hydrogen-bond donors (Lipinski definition) is 3. The predicted molar refractivity (Wildman–Crippen MR) is 72.8 cm³/mol. The number of hydrogen-bond acceptors (Lipinski definition) is 6. The Balaban J connectivity index is 2.31. The van der Waals surface area contributed by atoms with E-state index in [0.717, 1.165) is 4.57 Å². The Morgan fingerprint density at radius 3 is 3.00 bits per heavy atom. The molecule has 0 unspecified atom stereocenters. The van der Waals surface area contributed by atoms with Crippen molar-refractivity contribution < 1.29 is 19.7 Å². The summed E-state index contributed by atoms with van der Waals surface area (Å²) >= 11 is 0. The van der Waals surface area contributed by atoms with E-state index in [2.05, 4.69) is 11.6 Å². The molecule has 0 aromatic carbocycles.